The van der Waals surface area contributed by atoms with E-state index < -0.39 is 0 Å². The van der Waals surface area contributed by atoms with Gasteiger partial charge in [0, 0.05) is 75.4 Å². The van der Waals surface area contributed by atoms with Crippen LogP contribution in [0.1, 0.15) is 0 Å². The average Bonchev–Trinajstić information content (AvgIpc) is 3.67. The molecule has 0 atom stereocenters. The van der Waals surface area contributed by atoms with Crippen molar-refractivity contribution in [2.75, 3.05) is 0 Å². The predicted octanol–water partition coefficient (Wildman–Crippen LogP) is 5.99. The molecule has 8 nitrogen and oxygen atoms in total. The Hall–Kier alpha value is -6.54. The van der Waals surface area contributed by atoms with Crippen LogP contribution >= 0.6 is 0 Å². The highest BCUT2D eigenvalue weighted by molar-refractivity contribution is 6.43. The predicted molar refractivity (Wildman–Crippen MR) is 183 cm³/mol. The fraction of sp³-hybridized carbons (Fsp3) is 0. The van der Waals surface area contributed by atoms with Gasteiger partial charge in [-0.25, -0.2) is 9.97 Å². The van der Waals surface area contributed by atoms with E-state index in [1.54, 1.807) is 33.1 Å². The minimum Gasteiger partial charge on any atom is -0.289 e. The van der Waals surface area contributed by atoms with Gasteiger partial charge >= 0.3 is 0 Å². The molecule has 0 aliphatic heterocycles. The first-order chi connectivity index (χ1) is 22.5. The molecule has 0 radical (unpaired) electrons. The maximum Gasteiger partial charge on any atom is 0.264 e. The first-order valence-corrected chi connectivity index (χ1v) is 14.9. The maximum absolute atomic E-state index is 14.6. The van der Waals surface area contributed by atoms with Gasteiger partial charge in [0.15, 0.2) is 10.9 Å². The second-order valence-corrected chi connectivity index (χ2v) is 12.3. The summed E-state index contributed by atoms with van der Waals surface area (Å²) in [6, 6.07) is 25.5. The summed E-state index contributed by atoms with van der Waals surface area (Å²) in [5.74, 6) is 0. The summed E-state index contributed by atoms with van der Waals surface area (Å²) in [7, 11) is 0. The van der Waals surface area contributed by atoms with Gasteiger partial charge in [-0.15, -0.1) is 0 Å². The Morgan fingerprint density at radius 3 is 1.43 bits per heavy atom. The van der Waals surface area contributed by atoms with E-state index in [-0.39, 0.29) is 22.0 Å². The van der Waals surface area contributed by atoms with Gasteiger partial charge in [-0.2, -0.15) is 0 Å². The van der Waals surface area contributed by atoms with Crippen LogP contribution in [0.4, 0.5) is 0 Å². The summed E-state index contributed by atoms with van der Waals surface area (Å²) in [4.78, 5) is 67.1. The quantitative estimate of drug-likeness (QED) is 0.159. The zero-order valence-electron chi connectivity index (χ0n) is 23.5. The Bertz CT molecular complexity index is 3600. The molecule has 0 amide bonds. The van der Waals surface area contributed by atoms with E-state index in [1.165, 1.54) is 0 Å². The molecule has 8 heteroatoms. The van der Waals surface area contributed by atoms with Crippen LogP contribution in [0.2, 0.25) is 0 Å². The van der Waals surface area contributed by atoms with Crippen molar-refractivity contribution in [1.82, 2.24) is 18.8 Å². The van der Waals surface area contributed by atoms with Crippen molar-refractivity contribution in [2.24, 2.45) is 0 Å². The van der Waals surface area contributed by atoms with E-state index in [0.29, 0.717) is 103 Å². The van der Waals surface area contributed by atoms with Crippen molar-refractivity contribution in [3.05, 3.63) is 126 Å². The van der Waals surface area contributed by atoms with Gasteiger partial charge in [0.05, 0.1) is 22.1 Å². The van der Waals surface area contributed by atoms with Crippen molar-refractivity contribution in [3.8, 4) is 0 Å². The van der Waals surface area contributed by atoms with Crippen LogP contribution in [0, 0.1) is 0 Å². The molecular formula is C38H14N4O4. The Balaban J connectivity index is 1.44. The van der Waals surface area contributed by atoms with Crippen LogP contribution in [0.3, 0.4) is 0 Å². The number of rotatable bonds is 0. The van der Waals surface area contributed by atoms with Crippen molar-refractivity contribution in [1.29, 1.82) is 0 Å². The molecule has 0 N–H and O–H groups in total. The van der Waals surface area contributed by atoms with Crippen molar-refractivity contribution >= 4 is 109 Å². The van der Waals surface area contributed by atoms with E-state index in [1.807, 2.05) is 60.7 Å². The molecule has 0 bridgehead atoms. The number of fused-ring (bicyclic) bond motifs is 8. The molecule has 0 fully saturated rings. The molecule has 8 aromatic carbocycles. The Labute approximate surface area is 253 Å². The lowest BCUT2D eigenvalue weighted by Gasteiger charge is -2.19. The van der Waals surface area contributed by atoms with E-state index in [4.69, 9.17) is 9.97 Å². The molecule has 0 aliphatic carbocycles. The summed E-state index contributed by atoms with van der Waals surface area (Å²) in [6.45, 7) is 0. The van der Waals surface area contributed by atoms with Crippen molar-refractivity contribution < 1.29 is 0 Å². The van der Waals surface area contributed by atoms with E-state index in [9.17, 15) is 19.2 Å². The molecule has 0 spiro atoms. The topological polar surface area (TPSA) is 103 Å². The van der Waals surface area contributed by atoms with Crippen LogP contribution in [0.15, 0.2) is 104 Å². The highest BCUT2D eigenvalue weighted by Gasteiger charge is 2.28. The molecule has 0 saturated carbocycles. The third-order valence-corrected chi connectivity index (χ3v) is 10.3. The van der Waals surface area contributed by atoms with Crippen LogP contribution in [-0.2, 0) is 0 Å². The molecule has 4 aromatic heterocycles. The van der Waals surface area contributed by atoms with Gasteiger partial charge in [-0.3, -0.25) is 28.0 Å². The molecule has 12 aromatic rings. The molecule has 0 unspecified atom stereocenters. The molecular weight excluding hydrogens is 576 g/mol. The lowest BCUT2D eigenvalue weighted by Crippen LogP contribution is -2.17. The highest BCUT2D eigenvalue weighted by atomic mass is 16.1. The number of imidazole rings is 2. The summed E-state index contributed by atoms with van der Waals surface area (Å²) >= 11 is 0. The first-order valence-electron chi connectivity index (χ1n) is 14.9. The molecule has 0 saturated heterocycles. The van der Waals surface area contributed by atoms with Crippen LogP contribution in [-0.4, -0.2) is 18.8 Å². The monoisotopic (exact) mass is 590 g/mol. The van der Waals surface area contributed by atoms with E-state index in [2.05, 4.69) is 0 Å². The van der Waals surface area contributed by atoms with Gasteiger partial charge in [0.1, 0.15) is 11.3 Å². The van der Waals surface area contributed by atoms with Gasteiger partial charge in [0.25, 0.3) is 11.1 Å². The summed E-state index contributed by atoms with van der Waals surface area (Å²) < 4.78 is 3.20. The number of nitrogens with zero attached hydrogens (tertiary/aromatic N) is 4. The minimum atomic E-state index is -0.289. The van der Waals surface area contributed by atoms with Crippen LogP contribution in [0.5, 0.6) is 0 Å². The third kappa shape index (κ3) is 2.23. The van der Waals surface area contributed by atoms with Crippen LogP contribution < -0.4 is 22.0 Å². The zero-order chi connectivity index (χ0) is 30.3. The Morgan fingerprint density at radius 1 is 0.391 bits per heavy atom. The molecule has 12 rings (SSSR count). The summed E-state index contributed by atoms with van der Waals surface area (Å²) in [5.41, 5.74) is 2.70. The van der Waals surface area contributed by atoms with Gasteiger partial charge in [-0.1, -0.05) is 24.3 Å². The lowest BCUT2D eigenvalue weighted by molar-refractivity contribution is 1.19. The van der Waals surface area contributed by atoms with Gasteiger partial charge in [0.2, 0.25) is 0 Å². The lowest BCUT2D eigenvalue weighted by atomic mass is 9.83. The standard InChI is InChI=1S/C38H14N4O4/c43-33-15-9-11-17-27-22(38(46)41-25-7-3-1-5-23(25)39-35(17)41)14-20-32(29(15)27)31-19(33)13-21-28-18(12-10-16(30(28)31)34(20)44)37(45)42-26-8-4-2-6-24(26)40-36(21)42/h1-14H. The number of para-hydroxylation sites is 4. The average molecular weight is 591 g/mol. The highest BCUT2D eigenvalue weighted by Crippen LogP contribution is 2.45. The number of benzene rings is 8. The maximum atomic E-state index is 14.6. The van der Waals surface area contributed by atoms with Gasteiger partial charge < -0.3 is 0 Å². The van der Waals surface area contributed by atoms with E-state index >= 15 is 0 Å². The fourth-order valence-electron chi connectivity index (χ4n) is 8.45. The number of hydrogen-bond donors (Lipinski definition) is 0. The second-order valence-electron chi connectivity index (χ2n) is 12.3. The molecule has 210 valence electrons. The summed E-state index contributed by atoms with van der Waals surface area (Å²) in [6.07, 6.45) is 0. The third-order valence-electron chi connectivity index (χ3n) is 10.3. The number of hydrogen-bond acceptors (Lipinski definition) is 6. The number of pyridine rings is 2. The SMILES string of the molecule is O=c1c2ccc3c(=O)n4c5ccccc5nc4c4cc5c(=O)c6ccc7c8c(cc1c(c68)c5c2c34)c(=O)n1c2ccccc2nc71. The number of aromatic nitrogens is 4. The zero-order valence-corrected chi connectivity index (χ0v) is 23.5. The van der Waals surface area contributed by atoms with Gasteiger partial charge in [-0.05, 0) is 60.7 Å². The molecule has 0 aliphatic rings. The Kier molecular flexibility index (Phi) is 3.52. The largest absolute Gasteiger partial charge is 0.289 e. The fourth-order valence-corrected chi connectivity index (χ4v) is 8.45. The smallest absolute Gasteiger partial charge is 0.264 e. The van der Waals surface area contributed by atoms with E-state index in [0.717, 1.165) is 5.39 Å². The summed E-state index contributed by atoms with van der Waals surface area (Å²) in [5, 5.41) is 7.54. The Morgan fingerprint density at radius 2 is 0.826 bits per heavy atom. The second kappa shape index (κ2) is 7.06. The van der Waals surface area contributed by atoms with Crippen LogP contribution in [0.25, 0.3) is 109 Å². The molecule has 46 heavy (non-hydrogen) atoms. The minimum absolute atomic E-state index is 0.202. The first kappa shape index (κ1) is 22.9. The van der Waals surface area contributed by atoms with Crippen molar-refractivity contribution in [2.45, 2.75) is 0 Å². The normalized spacial score (nSPS) is 13.1. The molecule has 4 heterocycles. The van der Waals surface area contributed by atoms with Crippen molar-refractivity contribution in [3.63, 3.8) is 0 Å².